The summed E-state index contributed by atoms with van der Waals surface area (Å²) >= 11 is 0. The van der Waals surface area contributed by atoms with Gasteiger partial charge in [-0.1, -0.05) is 13.8 Å². The van der Waals surface area contributed by atoms with E-state index in [2.05, 4.69) is 18.7 Å². The fourth-order valence-corrected chi connectivity index (χ4v) is 3.02. The molecule has 0 aromatic heterocycles. The maximum absolute atomic E-state index is 11.9. The molecule has 2 N–H and O–H groups in total. The maximum atomic E-state index is 11.9. The first-order valence-corrected chi connectivity index (χ1v) is 6.86. The van der Waals surface area contributed by atoms with Gasteiger partial charge in [0.25, 0.3) is 0 Å². The number of hydrogen-bond acceptors (Lipinski definition) is 3. The number of carbonyl (C=O) groups is 1. The molecule has 0 bridgehead atoms. The number of likely N-dealkylation sites (tertiary alicyclic amines) is 2. The summed E-state index contributed by atoms with van der Waals surface area (Å²) < 4.78 is 0. The molecule has 0 spiro atoms. The van der Waals surface area contributed by atoms with Crippen molar-refractivity contribution in [3.8, 4) is 0 Å². The predicted molar refractivity (Wildman–Crippen MR) is 68.6 cm³/mol. The SMILES string of the molecule is CC(C)CN1CCC(N2CCC(N)C2=O)CC1. The molecule has 1 atom stereocenters. The zero-order valence-corrected chi connectivity index (χ0v) is 11.1. The van der Waals surface area contributed by atoms with Crippen LogP contribution in [0.1, 0.15) is 33.1 Å². The van der Waals surface area contributed by atoms with Gasteiger partial charge in [0.2, 0.25) is 5.91 Å². The summed E-state index contributed by atoms with van der Waals surface area (Å²) in [5.41, 5.74) is 5.77. The molecule has 2 aliphatic rings. The fourth-order valence-electron chi connectivity index (χ4n) is 3.02. The molecule has 4 nitrogen and oxygen atoms in total. The van der Waals surface area contributed by atoms with Gasteiger partial charge in [-0.25, -0.2) is 0 Å². The van der Waals surface area contributed by atoms with E-state index in [4.69, 9.17) is 5.73 Å². The van der Waals surface area contributed by atoms with Gasteiger partial charge in [-0.2, -0.15) is 0 Å². The van der Waals surface area contributed by atoms with Crippen molar-refractivity contribution in [2.75, 3.05) is 26.2 Å². The van der Waals surface area contributed by atoms with Crippen molar-refractivity contribution in [2.24, 2.45) is 11.7 Å². The van der Waals surface area contributed by atoms with Crippen molar-refractivity contribution in [3.05, 3.63) is 0 Å². The number of carbonyl (C=O) groups excluding carboxylic acids is 1. The molecule has 1 amide bonds. The van der Waals surface area contributed by atoms with Gasteiger partial charge >= 0.3 is 0 Å². The molecule has 4 heteroatoms. The van der Waals surface area contributed by atoms with E-state index in [0.29, 0.717) is 6.04 Å². The minimum Gasteiger partial charge on any atom is -0.338 e. The number of nitrogens with two attached hydrogens (primary N) is 1. The van der Waals surface area contributed by atoms with E-state index in [1.54, 1.807) is 0 Å². The van der Waals surface area contributed by atoms with Crippen LogP contribution in [0.5, 0.6) is 0 Å². The smallest absolute Gasteiger partial charge is 0.239 e. The summed E-state index contributed by atoms with van der Waals surface area (Å²) in [4.78, 5) is 16.4. The Balaban J connectivity index is 1.81. The maximum Gasteiger partial charge on any atom is 0.239 e. The van der Waals surface area contributed by atoms with Crippen LogP contribution in [0.2, 0.25) is 0 Å². The van der Waals surface area contributed by atoms with Crippen LogP contribution >= 0.6 is 0 Å². The molecule has 0 radical (unpaired) electrons. The van der Waals surface area contributed by atoms with Gasteiger partial charge in [-0.3, -0.25) is 4.79 Å². The van der Waals surface area contributed by atoms with Crippen molar-refractivity contribution in [2.45, 2.75) is 45.2 Å². The minimum absolute atomic E-state index is 0.173. The van der Waals surface area contributed by atoms with Gasteiger partial charge in [0.05, 0.1) is 6.04 Å². The molecular weight excluding hydrogens is 214 g/mol. The average Bonchev–Trinajstić information content (AvgIpc) is 2.60. The van der Waals surface area contributed by atoms with Crippen molar-refractivity contribution >= 4 is 5.91 Å². The van der Waals surface area contributed by atoms with Crippen molar-refractivity contribution < 1.29 is 4.79 Å². The lowest BCUT2D eigenvalue weighted by molar-refractivity contribution is -0.131. The van der Waals surface area contributed by atoms with Gasteiger partial charge in [-0.05, 0) is 25.2 Å². The highest BCUT2D eigenvalue weighted by Crippen LogP contribution is 2.22. The standard InChI is InChI=1S/C13H25N3O/c1-10(2)9-15-6-3-11(4-7-15)16-8-5-12(14)13(16)17/h10-12H,3-9,14H2,1-2H3. The molecule has 0 saturated carbocycles. The van der Waals surface area contributed by atoms with Crippen LogP contribution in [-0.4, -0.2) is 54.0 Å². The van der Waals surface area contributed by atoms with E-state index in [1.807, 2.05) is 4.90 Å². The first-order valence-electron chi connectivity index (χ1n) is 6.86. The summed E-state index contributed by atoms with van der Waals surface area (Å²) in [7, 11) is 0. The Kier molecular flexibility index (Phi) is 4.05. The molecule has 2 aliphatic heterocycles. The summed E-state index contributed by atoms with van der Waals surface area (Å²) in [5.74, 6) is 0.903. The molecule has 2 rings (SSSR count). The van der Waals surface area contributed by atoms with E-state index in [0.717, 1.165) is 44.8 Å². The third-order valence-corrected chi connectivity index (χ3v) is 3.90. The monoisotopic (exact) mass is 239 g/mol. The minimum atomic E-state index is -0.233. The Morgan fingerprint density at radius 1 is 1.24 bits per heavy atom. The van der Waals surface area contributed by atoms with E-state index in [-0.39, 0.29) is 11.9 Å². The lowest BCUT2D eigenvalue weighted by atomic mass is 10.0. The van der Waals surface area contributed by atoms with Crippen LogP contribution in [0.15, 0.2) is 0 Å². The quantitative estimate of drug-likeness (QED) is 0.787. The van der Waals surface area contributed by atoms with Gasteiger partial charge in [0.1, 0.15) is 0 Å². The first-order chi connectivity index (χ1) is 8.08. The number of hydrogen-bond donors (Lipinski definition) is 1. The van der Waals surface area contributed by atoms with Crippen LogP contribution in [0.3, 0.4) is 0 Å². The Hall–Kier alpha value is -0.610. The number of piperidine rings is 1. The van der Waals surface area contributed by atoms with Crippen molar-refractivity contribution in [1.82, 2.24) is 9.80 Å². The van der Waals surface area contributed by atoms with Crippen molar-refractivity contribution in [1.29, 1.82) is 0 Å². The highest BCUT2D eigenvalue weighted by molar-refractivity contribution is 5.84. The number of nitrogens with zero attached hydrogens (tertiary/aromatic N) is 2. The Labute approximate surface area is 104 Å². The molecular formula is C13H25N3O. The van der Waals surface area contributed by atoms with Gasteiger partial charge in [0.15, 0.2) is 0 Å². The zero-order valence-electron chi connectivity index (χ0n) is 11.1. The third-order valence-electron chi connectivity index (χ3n) is 3.90. The van der Waals surface area contributed by atoms with Crippen LogP contribution in [-0.2, 0) is 4.79 Å². The molecule has 2 fully saturated rings. The van der Waals surface area contributed by atoms with Gasteiger partial charge in [-0.15, -0.1) is 0 Å². The number of amides is 1. The Bertz CT molecular complexity index is 272. The topological polar surface area (TPSA) is 49.6 Å². The molecule has 0 aliphatic carbocycles. The lowest BCUT2D eigenvalue weighted by Crippen LogP contribution is -2.47. The highest BCUT2D eigenvalue weighted by Gasteiger charge is 2.35. The summed E-state index contributed by atoms with van der Waals surface area (Å²) in [6.07, 6.45) is 3.07. The van der Waals surface area contributed by atoms with Crippen LogP contribution in [0, 0.1) is 5.92 Å². The third kappa shape index (κ3) is 2.99. The molecule has 2 heterocycles. The number of rotatable bonds is 3. The van der Waals surface area contributed by atoms with Gasteiger partial charge < -0.3 is 15.5 Å². The summed E-state index contributed by atoms with van der Waals surface area (Å²) in [6, 6.07) is 0.211. The van der Waals surface area contributed by atoms with Gasteiger partial charge in [0, 0.05) is 32.2 Å². The van der Waals surface area contributed by atoms with Crippen LogP contribution in [0.4, 0.5) is 0 Å². The normalized spacial score (nSPS) is 28.4. The van der Waals surface area contributed by atoms with Crippen LogP contribution in [0.25, 0.3) is 0 Å². The Morgan fingerprint density at radius 3 is 2.35 bits per heavy atom. The summed E-state index contributed by atoms with van der Waals surface area (Å²) in [6.45, 7) is 8.82. The fraction of sp³-hybridized carbons (Fsp3) is 0.923. The largest absolute Gasteiger partial charge is 0.338 e. The molecule has 17 heavy (non-hydrogen) atoms. The first kappa shape index (κ1) is 12.8. The molecule has 2 saturated heterocycles. The second kappa shape index (κ2) is 5.36. The molecule has 98 valence electrons. The predicted octanol–water partition coefficient (Wildman–Crippen LogP) is 0.666. The van der Waals surface area contributed by atoms with E-state index in [9.17, 15) is 4.79 Å². The molecule has 1 unspecified atom stereocenters. The zero-order chi connectivity index (χ0) is 12.4. The molecule has 0 aromatic carbocycles. The van der Waals surface area contributed by atoms with E-state index in [1.165, 1.54) is 6.54 Å². The van der Waals surface area contributed by atoms with Crippen molar-refractivity contribution in [3.63, 3.8) is 0 Å². The van der Waals surface area contributed by atoms with E-state index >= 15 is 0 Å². The second-order valence-corrected chi connectivity index (χ2v) is 5.85. The lowest BCUT2D eigenvalue weighted by Gasteiger charge is -2.37. The highest BCUT2D eigenvalue weighted by atomic mass is 16.2. The van der Waals surface area contributed by atoms with Crippen LogP contribution < -0.4 is 5.73 Å². The second-order valence-electron chi connectivity index (χ2n) is 5.85. The average molecular weight is 239 g/mol. The summed E-state index contributed by atoms with van der Waals surface area (Å²) in [5, 5.41) is 0. The van der Waals surface area contributed by atoms with E-state index < -0.39 is 0 Å². The molecule has 0 aromatic rings. The Morgan fingerprint density at radius 2 is 1.88 bits per heavy atom.